The Labute approximate surface area is 129 Å². The van der Waals surface area contributed by atoms with Gasteiger partial charge in [-0.15, -0.1) is 0 Å². The molecule has 1 fully saturated rings. The number of carbonyl (C=O) groups is 1. The fourth-order valence-corrected chi connectivity index (χ4v) is 3.07. The van der Waals surface area contributed by atoms with Crippen molar-refractivity contribution in [3.8, 4) is 0 Å². The Hall–Kier alpha value is -0.870. The van der Waals surface area contributed by atoms with Crippen LogP contribution < -0.4 is 11.1 Å². The van der Waals surface area contributed by atoms with Crippen LogP contribution in [0.25, 0.3) is 0 Å². The van der Waals surface area contributed by atoms with E-state index in [1.807, 2.05) is 38.1 Å². The van der Waals surface area contributed by atoms with Crippen LogP contribution in [0.1, 0.15) is 45.1 Å². The summed E-state index contributed by atoms with van der Waals surface area (Å²) in [5.74, 6) is 0.100. The number of hydrogen-bond donors (Lipinski definition) is 2. The highest BCUT2D eigenvalue weighted by atomic mass is 79.9. The predicted octanol–water partition coefficient (Wildman–Crippen LogP) is 3.32. The molecule has 0 saturated heterocycles. The third kappa shape index (κ3) is 3.41. The molecule has 0 bridgehead atoms. The van der Waals surface area contributed by atoms with E-state index in [2.05, 4.69) is 21.2 Å². The molecular formula is C16H23BrN2O. The van der Waals surface area contributed by atoms with Gasteiger partial charge < -0.3 is 11.1 Å². The van der Waals surface area contributed by atoms with Crippen LogP contribution >= 0.6 is 15.9 Å². The normalized spacial score (nSPS) is 17.4. The van der Waals surface area contributed by atoms with Crippen LogP contribution in [0.4, 0.5) is 0 Å². The highest BCUT2D eigenvalue weighted by Gasteiger charge is 2.38. The Morgan fingerprint density at radius 3 is 2.40 bits per heavy atom. The molecule has 1 aromatic rings. The molecule has 0 radical (unpaired) electrons. The van der Waals surface area contributed by atoms with E-state index in [9.17, 15) is 4.79 Å². The first kappa shape index (κ1) is 15.5. The van der Waals surface area contributed by atoms with Crippen molar-refractivity contribution >= 4 is 21.8 Å². The molecule has 0 unspecified atom stereocenters. The van der Waals surface area contributed by atoms with Gasteiger partial charge in [0.1, 0.15) is 0 Å². The van der Waals surface area contributed by atoms with Crippen LogP contribution in [0.5, 0.6) is 0 Å². The molecule has 20 heavy (non-hydrogen) atoms. The van der Waals surface area contributed by atoms with Crippen molar-refractivity contribution in [2.75, 3.05) is 6.54 Å². The number of halogens is 1. The quantitative estimate of drug-likeness (QED) is 0.865. The van der Waals surface area contributed by atoms with Crippen LogP contribution in [0.2, 0.25) is 0 Å². The summed E-state index contributed by atoms with van der Waals surface area (Å²) in [6.45, 7) is 4.67. The molecule has 0 aromatic heterocycles. The van der Waals surface area contributed by atoms with E-state index >= 15 is 0 Å². The van der Waals surface area contributed by atoms with E-state index in [1.54, 1.807) is 0 Å². The SMILES string of the molecule is CC(C)(NC(=O)CC1(CN)CCC1)c1ccc(Br)cc1. The molecule has 3 N–H and O–H groups in total. The van der Waals surface area contributed by atoms with Crippen LogP contribution in [0, 0.1) is 5.41 Å². The van der Waals surface area contributed by atoms with Gasteiger partial charge in [-0.3, -0.25) is 4.79 Å². The van der Waals surface area contributed by atoms with Gasteiger partial charge in [0.15, 0.2) is 0 Å². The number of benzene rings is 1. The third-order valence-corrected chi connectivity index (χ3v) is 4.93. The number of nitrogens with one attached hydrogen (secondary N) is 1. The van der Waals surface area contributed by atoms with E-state index < -0.39 is 0 Å². The molecule has 0 aliphatic heterocycles. The zero-order valence-corrected chi connectivity index (χ0v) is 13.8. The summed E-state index contributed by atoms with van der Waals surface area (Å²) >= 11 is 3.43. The predicted molar refractivity (Wildman–Crippen MR) is 85.3 cm³/mol. The molecule has 1 aliphatic rings. The molecule has 0 spiro atoms. The smallest absolute Gasteiger partial charge is 0.221 e. The fourth-order valence-electron chi connectivity index (χ4n) is 2.80. The lowest BCUT2D eigenvalue weighted by atomic mass is 9.66. The van der Waals surface area contributed by atoms with E-state index in [0.717, 1.165) is 22.9 Å². The minimum Gasteiger partial charge on any atom is -0.347 e. The third-order valence-electron chi connectivity index (χ3n) is 4.40. The molecule has 4 heteroatoms. The Balaban J connectivity index is 2.00. The van der Waals surface area contributed by atoms with Gasteiger partial charge in [-0.2, -0.15) is 0 Å². The lowest BCUT2D eigenvalue weighted by Gasteiger charge is -2.41. The maximum absolute atomic E-state index is 12.3. The Morgan fingerprint density at radius 2 is 1.95 bits per heavy atom. The Morgan fingerprint density at radius 1 is 1.35 bits per heavy atom. The van der Waals surface area contributed by atoms with E-state index in [0.29, 0.717) is 13.0 Å². The van der Waals surface area contributed by atoms with Crippen molar-refractivity contribution in [3.63, 3.8) is 0 Å². The van der Waals surface area contributed by atoms with Gasteiger partial charge >= 0.3 is 0 Å². The van der Waals surface area contributed by atoms with E-state index in [-0.39, 0.29) is 16.9 Å². The topological polar surface area (TPSA) is 55.1 Å². The Kier molecular flexibility index (Phi) is 4.55. The second-order valence-electron chi connectivity index (χ2n) is 6.41. The zero-order valence-electron chi connectivity index (χ0n) is 12.2. The van der Waals surface area contributed by atoms with Gasteiger partial charge in [0.05, 0.1) is 5.54 Å². The number of carbonyl (C=O) groups excluding carboxylic acids is 1. The highest BCUT2D eigenvalue weighted by Crippen LogP contribution is 2.43. The van der Waals surface area contributed by atoms with Gasteiger partial charge in [-0.25, -0.2) is 0 Å². The minimum atomic E-state index is -0.364. The first-order valence-corrected chi connectivity index (χ1v) is 7.93. The summed E-state index contributed by atoms with van der Waals surface area (Å²) in [6, 6.07) is 8.06. The fraction of sp³-hybridized carbons (Fsp3) is 0.562. The lowest BCUT2D eigenvalue weighted by molar-refractivity contribution is -0.126. The monoisotopic (exact) mass is 338 g/mol. The van der Waals surface area contributed by atoms with Crippen LogP contribution in [0.15, 0.2) is 28.7 Å². The van der Waals surface area contributed by atoms with Crippen molar-refractivity contribution in [1.29, 1.82) is 0 Å². The molecule has 110 valence electrons. The van der Waals surface area contributed by atoms with Crippen LogP contribution in [0.3, 0.4) is 0 Å². The number of nitrogens with two attached hydrogens (primary N) is 1. The highest BCUT2D eigenvalue weighted by molar-refractivity contribution is 9.10. The molecule has 1 aliphatic carbocycles. The molecule has 1 aromatic carbocycles. The Bertz CT molecular complexity index is 472. The molecular weight excluding hydrogens is 316 g/mol. The van der Waals surface area contributed by atoms with E-state index in [1.165, 1.54) is 6.42 Å². The first-order valence-electron chi connectivity index (χ1n) is 7.14. The second-order valence-corrected chi connectivity index (χ2v) is 7.33. The van der Waals surface area contributed by atoms with Crippen molar-refractivity contribution in [1.82, 2.24) is 5.32 Å². The summed E-state index contributed by atoms with van der Waals surface area (Å²) in [6.07, 6.45) is 3.90. The van der Waals surface area contributed by atoms with Gasteiger partial charge in [-0.1, -0.05) is 34.5 Å². The van der Waals surface area contributed by atoms with Gasteiger partial charge in [-0.05, 0) is 56.3 Å². The van der Waals surface area contributed by atoms with Crippen molar-refractivity contribution in [2.24, 2.45) is 11.1 Å². The van der Waals surface area contributed by atoms with Crippen molar-refractivity contribution in [2.45, 2.75) is 45.1 Å². The molecule has 1 amide bonds. The summed E-state index contributed by atoms with van der Waals surface area (Å²) in [5.41, 5.74) is 6.62. The number of hydrogen-bond acceptors (Lipinski definition) is 2. The molecule has 1 saturated carbocycles. The molecule has 0 heterocycles. The average molecular weight is 339 g/mol. The maximum Gasteiger partial charge on any atom is 0.221 e. The number of amides is 1. The largest absolute Gasteiger partial charge is 0.347 e. The summed E-state index contributed by atoms with van der Waals surface area (Å²) in [5, 5.41) is 3.14. The van der Waals surface area contributed by atoms with Crippen molar-refractivity contribution in [3.05, 3.63) is 34.3 Å². The molecule has 0 atom stereocenters. The van der Waals surface area contributed by atoms with Gasteiger partial charge in [0.25, 0.3) is 0 Å². The molecule has 2 rings (SSSR count). The summed E-state index contributed by atoms with van der Waals surface area (Å²) in [7, 11) is 0. The van der Waals surface area contributed by atoms with Crippen molar-refractivity contribution < 1.29 is 4.79 Å². The summed E-state index contributed by atoms with van der Waals surface area (Å²) in [4.78, 5) is 12.3. The van der Waals surface area contributed by atoms with Gasteiger partial charge in [0, 0.05) is 10.9 Å². The first-order chi connectivity index (χ1) is 9.37. The van der Waals surface area contributed by atoms with Gasteiger partial charge in [0.2, 0.25) is 5.91 Å². The molecule has 3 nitrogen and oxygen atoms in total. The van der Waals surface area contributed by atoms with Crippen LogP contribution in [-0.4, -0.2) is 12.5 Å². The summed E-state index contributed by atoms with van der Waals surface area (Å²) < 4.78 is 1.04. The lowest BCUT2D eigenvalue weighted by Crippen LogP contribution is -2.46. The maximum atomic E-state index is 12.3. The second kappa shape index (κ2) is 5.86. The number of rotatable bonds is 5. The van der Waals surface area contributed by atoms with Crippen LogP contribution in [-0.2, 0) is 10.3 Å². The average Bonchev–Trinajstić information content (AvgIpc) is 2.34. The zero-order chi connectivity index (χ0) is 14.8. The standard InChI is InChI=1S/C16H23BrN2O/c1-15(2,12-4-6-13(17)7-5-12)19-14(20)10-16(11-18)8-3-9-16/h4-7H,3,8-11,18H2,1-2H3,(H,19,20). The van der Waals surface area contributed by atoms with E-state index in [4.69, 9.17) is 5.73 Å². The minimum absolute atomic E-state index is 0.0554.